The summed E-state index contributed by atoms with van der Waals surface area (Å²) in [6, 6.07) is 5.87. The Kier molecular flexibility index (Phi) is 7.55. The maximum absolute atomic E-state index is 9.72. The Bertz CT molecular complexity index is 510. The number of aliphatic hydroxyl groups is 1. The maximum Gasteiger partial charge on any atom is 0.121 e. The van der Waals surface area contributed by atoms with Crippen LogP contribution in [0.2, 0.25) is 0 Å². The van der Waals surface area contributed by atoms with E-state index in [-0.39, 0.29) is 6.10 Å². The maximum atomic E-state index is 9.72. The van der Waals surface area contributed by atoms with E-state index < -0.39 is 0 Å². The summed E-state index contributed by atoms with van der Waals surface area (Å²) in [6.07, 6.45) is 2.57. The molecule has 1 unspecified atom stereocenters. The van der Waals surface area contributed by atoms with Crippen LogP contribution in [0.3, 0.4) is 0 Å². The molecule has 1 aromatic heterocycles. The molecule has 20 heavy (non-hydrogen) atoms. The van der Waals surface area contributed by atoms with Gasteiger partial charge in [-0.2, -0.15) is 0 Å². The number of nitrogens with zero attached hydrogens (tertiary/aromatic N) is 1. The predicted octanol–water partition coefficient (Wildman–Crippen LogP) is 4.56. The summed E-state index contributed by atoms with van der Waals surface area (Å²) in [5.74, 6) is 0.807. The monoisotopic (exact) mass is 295 g/mol. The summed E-state index contributed by atoms with van der Waals surface area (Å²) >= 11 is 1.66. The zero-order chi connectivity index (χ0) is 15.0. The molecule has 0 fully saturated rings. The summed E-state index contributed by atoms with van der Waals surface area (Å²) in [6.45, 7) is 8.48. The highest BCUT2D eigenvalue weighted by Gasteiger charge is 2.06. The molecular weight excluding hydrogens is 270 g/mol. The van der Waals surface area contributed by atoms with Gasteiger partial charge in [0.05, 0.1) is 21.3 Å². The Morgan fingerprint density at radius 3 is 2.80 bits per heavy atom. The molecule has 1 atom stereocenters. The van der Waals surface area contributed by atoms with Crippen LogP contribution < -0.4 is 4.74 Å². The Morgan fingerprint density at radius 2 is 2.10 bits per heavy atom. The highest BCUT2D eigenvalue weighted by atomic mass is 32.1. The first-order chi connectivity index (χ1) is 9.69. The van der Waals surface area contributed by atoms with E-state index in [1.54, 1.807) is 11.3 Å². The highest BCUT2D eigenvalue weighted by Crippen LogP contribution is 2.26. The number of aryl methyl sites for hydroxylation is 1. The first-order valence-corrected chi connectivity index (χ1v) is 8.18. The average molecular weight is 295 g/mol. The fourth-order valence-corrected chi connectivity index (χ4v) is 2.68. The minimum Gasteiger partial charge on any atom is -0.491 e. The predicted molar refractivity (Wildman–Crippen MR) is 86.7 cm³/mol. The molecule has 2 rings (SSSR count). The number of fused-ring (bicyclic) bond motifs is 1. The first-order valence-electron chi connectivity index (χ1n) is 7.37. The number of ether oxygens (including phenoxy) is 1. The molecular formula is C16H25NO2S. The van der Waals surface area contributed by atoms with Crippen molar-refractivity contribution in [1.29, 1.82) is 0 Å². The highest BCUT2D eigenvalue weighted by molar-refractivity contribution is 7.18. The number of aliphatic hydroxyl groups excluding tert-OH is 1. The minimum atomic E-state index is -0.371. The summed E-state index contributed by atoms with van der Waals surface area (Å²) in [5.41, 5.74) is 1.01. The van der Waals surface area contributed by atoms with Gasteiger partial charge in [-0.3, -0.25) is 0 Å². The molecule has 1 heterocycles. The van der Waals surface area contributed by atoms with Crippen LogP contribution in [0.1, 0.15) is 45.0 Å². The molecule has 0 saturated carbocycles. The topological polar surface area (TPSA) is 42.4 Å². The third kappa shape index (κ3) is 5.10. The zero-order valence-electron chi connectivity index (χ0n) is 12.8. The van der Waals surface area contributed by atoms with E-state index in [1.807, 2.05) is 39.0 Å². The largest absolute Gasteiger partial charge is 0.491 e. The number of benzene rings is 1. The van der Waals surface area contributed by atoms with Crippen molar-refractivity contribution in [2.75, 3.05) is 6.61 Å². The molecule has 0 aliphatic carbocycles. The number of thiazole rings is 1. The Labute approximate surface area is 125 Å². The van der Waals surface area contributed by atoms with Crippen molar-refractivity contribution in [3.63, 3.8) is 0 Å². The molecule has 0 amide bonds. The summed E-state index contributed by atoms with van der Waals surface area (Å²) in [4.78, 5) is 4.40. The third-order valence-corrected chi connectivity index (χ3v) is 3.73. The van der Waals surface area contributed by atoms with Gasteiger partial charge in [-0.1, -0.05) is 33.6 Å². The van der Waals surface area contributed by atoms with Gasteiger partial charge < -0.3 is 9.84 Å². The lowest BCUT2D eigenvalue weighted by atomic mass is 10.2. The van der Waals surface area contributed by atoms with Crippen molar-refractivity contribution in [1.82, 2.24) is 4.98 Å². The second kappa shape index (κ2) is 8.93. The van der Waals surface area contributed by atoms with E-state index in [0.717, 1.165) is 40.2 Å². The van der Waals surface area contributed by atoms with Gasteiger partial charge in [0, 0.05) is 0 Å². The Balaban J connectivity index is 0.000000956. The van der Waals surface area contributed by atoms with Crippen LogP contribution in [0.25, 0.3) is 10.2 Å². The second-order valence-electron chi connectivity index (χ2n) is 4.47. The minimum absolute atomic E-state index is 0.364. The molecule has 0 aliphatic heterocycles. The van der Waals surface area contributed by atoms with Gasteiger partial charge in [-0.15, -0.1) is 11.3 Å². The van der Waals surface area contributed by atoms with Crippen LogP contribution in [-0.2, 0) is 0 Å². The molecule has 2 aromatic rings. The lowest BCUT2D eigenvalue weighted by molar-refractivity contribution is 0.0981. The normalized spacial score (nSPS) is 11.8. The molecule has 0 saturated heterocycles. The Morgan fingerprint density at radius 1 is 1.35 bits per heavy atom. The van der Waals surface area contributed by atoms with Gasteiger partial charge in [0.15, 0.2) is 0 Å². The average Bonchev–Trinajstić information content (AvgIpc) is 2.84. The summed E-state index contributed by atoms with van der Waals surface area (Å²) in [7, 11) is 0. The molecule has 3 nitrogen and oxygen atoms in total. The van der Waals surface area contributed by atoms with Gasteiger partial charge in [0.1, 0.15) is 12.4 Å². The number of hydrogen-bond acceptors (Lipinski definition) is 4. The van der Waals surface area contributed by atoms with Crippen LogP contribution >= 0.6 is 11.3 Å². The summed E-state index contributed by atoms with van der Waals surface area (Å²) < 4.78 is 6.74. The molecule has 1 aromatic carbocycles. The number of rotatable bonds is 6. The quantitative estimate of drug-likeness (QED) is 0.849. The first kappa shape index (κ1) is 16.9. The van der Waals surface area contributed by atoms with Crippen LogP contribution in [0.4, 0.5) is 0 Å². The van der Waals surface area contributed by atoms with Crippen LogP contribution in [-0.4, -0.2) is 22.8 Å². The molecule has 4 heteroatoms. The van der Waals surface area contributed by atoms with Crippen molar-refractivity contribution < 1.29 is 9.84 Å². The lowest BCUT2D eigenvalue weighted by Gasteiger charge is -2.11. The molecule has 112 valence electrons. The summed E-state index contributed by atoms with van der Waals surface area (Å²) in [5, 5.41) is 10.8. The van der Waals surface area contributed by atoms with Gasteiger partial charge >= 0.3 is 0 Å². The van der Waals surface area contributed by atoms with Crippen LogP contribution in [0, 0.1) is 6.92 Å². The number of aromatic nitrogens is 1. The Hall–Kier alpha value is -1.13. The standard InChI is InChI=1S/C14H19NO2S.C2H6/c1-3-4-5-11(16)9-17-12-6-7-13-14(8-12)18-10(2)15-13;1-2/h6-8,11,16H,3-5,9H2,1-2H3;1-2H3. The van der Waals surface area contributed by atoms with Gasteiger partial charge in [0.25, 0.3) is 0 Å². The molecule has 0 spiro atoms. The van der Waals surface area contributed by atoms with E-state index in [4.69, 9.17) is 4.74 Å². The molecule has 0 aliphatic rings. The van der Waals surface area contributed by atoms with Crippen molar-refractivity contribution in [3.8, 4) is 5.75 Å². The van der Waals surface area contributed by atoms with E-state index in [1.165, 1.54) is 0 Å². The van der Waals surface area contributed by atoms with Crippen molar-refractivity contribution >= 4 is 21.6 Å². The third-order valence-electron chi connectivity index (χ3n) is 2.80. The van der Waals surface area contributed by atoms with Crippen LogP contribution in [0.15, 0.2) is 18.2 Å². The van der Waals surface area contributed by atoms with Crippen molar-refractivity contribution in [3.05, 3.63) is 23.2 Å². The van der Waals surface area contributed by atoms with E-state index >= 15 is 0 Å². The van der Waals surface area contributed by atoms with Crippen LogP contribution in [0.5, 0.6) is 5.75 Å². The van der Waals surface area contributed by atoms with Gasteiger partial charge in [0.2, 0.25) is 0 Å². The molecule has 1 N–H and O–H groups in total. The smallest absolute Gasteiger partial charge is 0.121 e. The van der Waals surface area contributed by atoms with Crippen molar-refractivity contribution in [2.45, 2.75) is 53.1 Å². The van der Waals surface area contributed by atoms with E-state index in [9.17, 15) is 5.11 Å². The van der Waals surface area contributed by atoms with Gasteiger partial charge in [-0.05, 0) is 31.5 Å². The fourth-order valence-electron chi connectivity index (χ4n) is 1.83. The molecule has 0 radical (unpaired) electrons. The SMILES string of the molecule is CC.CCCCC(O)COc1ccc2nc(C)sc2c1. The lowest BCUT2D eigenvalue weighted by Crippen LogP contribution is -2.17. The van der Waals surface area contributed by atoms with E-state index in [2.05, 4.69) is 11.9 Å². The second-order valence-corrected chi connectivity index (χ2v) is 5.70. The fraction of sp³-hybridized carbons (Fsp3) is 0.562. The van der Waals surface area contributed by atoms with Gasteiger partial charge in [-0.25, -0.2) is 4.98 Å². The number of unbranched alkanes of at least 4 members (excludes halogenated alkanes) is 1. The molecule has 0 bridgehead atoms. The number of hydrogen-bond donors (Lipinski definition) is 1. The van der Waals surface area contributed by atoms with Crippen molar-refractivity contribution in [2.24, 2.45) is 0 Å². The van der Waals surface area contributed by atoms with E-state index in [0.29, 0.717) is 6.61 Å². The zero-order valence-corrected chi connectivity index (χ0v) is 13.7.